The van der Waals surface area contributed by atoms with Crippen LogP contribution in [0.15, 0.2) is 210 Å². The Morgan fingerprint density at radius 1 is 0.418 bits per heavy atom. The fourth-order valence-electron chi connectivity index (χ4n) is 6.23. The minimum absolute atomic E-state index is 0.367. The molecule has 0 saturated heterocycles. The van der Waals surface area contributed by atoms with Gasteiger partial charge >= 0.3 is 0 Å². The van der Waals surface area contributed by atoms with Crippen LogP contribution in [-0.2, 0) is 0 Å². The van der Waals surface area contributed by atoms with Gasteiger partial charge in [0.2, 0.25) is 0 Å². The van der Waals surface area contributed by atoms with Gasteiger partial charge in [0.25, 0.3) is 0 Å². The molecule has 2 aromatic heterocycles. The summed E-state index contributed by atoms with van der Waals surface area (Å²) in [5.74, 6) is 0. The predicted molar refractivity (Wildman–Crippen MR) is 231 cm³/mol. The maximum absolute atomic E-state index is 10.0. The van der Waals surface area contributed by atoms with Gasteiger partial charge in [0.1, 0.15) is 11.2 Å². The topological polar surface area (TPSA) is 21.3 Å². The number of rotatable bonds is 6. The number of furan rings is 1. The van der Waals surface area contributed by atoms with Crippen molar-refractivity contribution in [3.05, 3.63) is 205 Å². The molecular formula is C52H34N2O. The van der Waals surface area contributed by atoms with Gasteiger partial charge < -0.3 is 13.9 Å². The van der Waals surface area contributed by atoms with E-state index < -0.39 is 305 Å². The molecule has 0 saturated carbocycles. The highest BCUT2D eigenvalue weighted by Crippen LogP contribution is 2.46. The summed E-state index contributed by atoms with van der Waals surface area (Å²) in [6.07, 6.45) is 0. The molecular weight excluding hydrogens is 669 g/mol. The van der Waals surface area contributed by atoms with Gasteiger partial charge in [-0.1, -0.05) is 139 Å². The highest BCUT2D eigenvalue weighted by atomic mass is 16.3. The van der Waals surface area contributed by atoms with E-state index in [9.17, 15) is 17.8 Å². The average Bonchev–Trinajstić information content (AvgIpc) is 1.68. The van der Waals surface area contributed by atoms with Crippen LogP contribution in [0, 0.1) is 0 Å². The second-order valence-corrected chi connectivity index (χ2v) is 11.5. The van der Waals surface area contributed by atoms with E-state index in [0.717, 1.165) is 0 Å². The second-order valence-electron chi connectivity index (χ2n) is 11.5. The van der Waals surface area contributed by atoms with E-state index in [1.54, 1.807) is 0 Å². The fraction of sp³-hybridized carbons (Fsp3) is 0. The number of anilines is 3. The SMILES string of the molecule is [2H]c1c([2H])c([2H])c(N(c2c([2H])c([2H])c(-c3c([2H])c([2H])c([2H])c4c([2H])c([2H])c([2H])c([2H])c34)c([2H])c2[2H])c2c([2H])c([2H])c(-c3c([2H])c([2H])c(-n4c5c([2H])c([2H])c([2H])c([2H])c5c5c([2H])c([2H])c([2H])c([2H])c54)c([2H])c3[2H])c3oc4c([2H])c([2H])c([2H])c([2H])c4c23)c([2H])c1[2H]. The van der Waals surface area contributed by atoms with Crippen molar-refractivity contribution in [1.82, 2.24) is 4.57 Å². The lowest BCUT2D eigenvalue weighted by Gasteiger charge is -2.27. The van der Waals surface area contributed by atoms with Gasteiger partial charge in [-0.3, -0.25) is 0 Å². The van der Waals surface area contributed by atoms with E-state index >= 15 is 0 Å². The van der Waals surface area contributed by atoms with Crippen LogP contribution in [0.4, 0.5) is 17.1 Å². The van der Waals surface area contributed by atoms with Gasteiger partial charge in [-0.05, 0) is 93.9 Å². The molecule has 3 heteroatoms. The highest BCUT2D eigenvalue weighted by molar-refractivity contribution is 6.17. The standard InChI is InChI=1S/C52H34N2O/c1-2-15-38(16-3-1)53(39-29-25-36(26-30-39)42-21-12-14-35-13-4-5-17-41(35)42)49-34-33-43(52-51(49)46-20-8-11-24-50(46)55-52)37-27-31-40(32-28-37)54-47-22-9-6-18-44(47)45-19-7-10-23-48(45)54/h1-34H/i1D,2D,3D,4D,5D,6D,7D,8D,9D,10D,11D,12D,13D,14D,15D,16D,17D,18D,19D,20D,21D,22D,23D,24D,25D,26D,27D,28D,29D,30D,31D,32D,33D,34D. The summed E-state index contributed by atoms with van der Waals surface area (Å²) in [6.45, 7) is 0. The smallest absolute Gasteiger partial charge is 0.145 e. The Hall–Kier alpha value is -7.36. The molecule has 0 N–H and O–H groups in total. The zero-order valence-corrected chi connectivity index (χ0v) is 27.3. The summed E-state index contributed by atoms with van der Waals surface area (Å²) in [6, 6.07) is -35.6. The summed E-state index contributed by atoms with van der Waals surface area (Å²) >= 11 is 0. The number of aromatic nitrogens is 1. The zero-order chi connectivity index (χ0) is 65.9. The lowest BCUT2D eigenvalue weighted by molar-refractivity contribution is 0.670. The van der Waals surface area contributed by atoms with Crippen molar-refractivity contribution in [3.8, 4) is 27.9 Å². The quantitative estimate of drug-likeness (QED) is 0.169. The molecule has 258 valence electrons. The van der Waals surface area contributed by atoms with Gasteiger partial charge in [0, 0.05) is 38.8 Å². The molecule has 55 heavy (non-hydrogen) atoms. The zero-order valence-electron chi connectivity index (χ0n) is 61.3. The molecule has 0 spiro atoms. The second kappa shape index (κ2) is 12.6. The molecule has 0 radical (unpaired) electrons. The average molecular weight is 737 g/mol. The van der Waals surface area contributed by atoms with Crippen molar-refractivity contribution in [1.29, 1.82) is 0 Å². The van der Waals surface area contributed by atoms with E-state index in [1.165, 1.54) is 0 Å². The van der Waals surface area contributed by atoms with Crippen molar-refractivity contribution in [2.24, 2.45) is 0 Å². The summed E-state index contributed by atoms with van der Waals surface area (Å²) in [7, 11) is 0. The number of nitrogens with zero attached hydrogens (tertiary/aromatic N) is 2. The first-order valence-electron chi connectivity index (χ1n) is 33.0. The van der Waals surface area contributed by atoms with Crippen LogP contribution in [0.5, 0.6) is 0 Å². The number of fused-ring (bicyclic) bond motifs is 7. The Morgan fingerprint density at radius 3 is 1.73 bits per heavy atom. The first kappa shape index (κ1) is 12.3. The Morgan fingerprint density at radius 2 is 0.982 bits per heavy atom. The molecule has 11 rings (SSSR count). The van der Waals surface area contributed by atoms with Gasteiger partial charge in [-0.15, -0.1) is 0 Å². The van der Waals surface area contributed by atoms with Gasteiger partial charge in [0.05, 0.1) is 68.7 Å². The van der Waals surface area contributed by atoms with Crippen molar-refractivity contribution >= 4 is 71.6 Å². The van der Waals surface area contributed by atoms with E-state index in [4.69, 9.17) is 33.2 Å². The molecule has 0 atom stereocenters. The monoisotopic (exact) mass is 736 g/mol. The van der Waals surface area contributed by atoms with E-state index in [2.05, 4.69) is 0 Å². The van der Waals surface area contributed by atoms with Crippen LogP contribution < -0.4 is 4.90 Å². The van der Waals surface area contributed by atoms with Crippen LogP contribution >= 0.6 is 0 Å². The lowest BCUT2D eigenvalue weighted by atomic mass is 9.97. The van der Waals surface area contributed by atoms with E-state index in [1.807, 2.05) is 0 Å². The van der Waals surface area contributed by atoms with Gasteiger partial charge in [0.15, 0.2) is 0 Å². The molecule has 0 aliphatic heterocycles. The third-order valence-electron chi connectivity index (χ3n) is 8.55. The van der Waals surface area contributed by atoms with E-state index in [-0.39, 0.29) is 0 Å². The molecule has 9 aromatic carbocycles. The highest BCUT2D eigenvalue weighted by Gasteiger charge is 2.22. The normalized spacial score (nSPS) is 20.3. The Kier molecular flexibility index (Phi) is 2.84. The van der Waals surface area contributed by atoms with Crippen molar-refractivity contribution in [2.75, 3.05) is 4.90 Å². The minimum Gasteiger partial charge on any atom is -0.455 e. The van der Waals surface area contributed by atoms with Crippen molar-refractivity contribution in [3.63, 3.8) is 0 Å². The predicted octanol–water partition coefficient (Wildman–Crippen LogP) is 14.6. The lowest BCUT2D eigenvalue weighted by Crippen LogP contribution is -2.10. The third-order valence-corrected chi connectivity index (χ3v) is 8.55. The van der Waals surface area contributed by atoms with Gasteiger partial charge in [-0.2, -0.15) is 0 Å². The molecule has 2 heterocycles. The van der Waals surface area contributed by atoms with Crippen molar-refractivity contribution in [2.45, 2.75) is 0 Å². The molecule has 0 bridgehead atoms. The first-order chi connectivity index (χ1) is 41.4. The number of benzene rings is 9. The maximum atomic E-state index is 10.0. The van der Waals surface area contributed by atoms with Crippen LogP contribution in [0.2, 0.25) is 0 Å². The van der Waals surface area contributed by atoms with E-state index in [0.29, 0.717) is 9.47 Å². The minimum atomic E-state index is -1.31. The summed E-state index contributed by atoms with van der Waals surface area (Å²) in [5.41, 5.74) is -11.1. The number of hydrogen-bond donors (Lipinski definition) is 0. The Labute approximate surface area is 366 Å². The van der Waals surface area contributed by atoms with Crippen LogP contribution in [0.25, 0.3) is 82.5 Å². The first-order valence-corrected chi connectivity index (χ1v) is 16.0. The maximum Gasteiger partial charge on any atom is 0.145 e. The summed E-state index contributed by atoms with van der Waals surface area (Å²) in [5, 5.41) is -4.03. The van der Waals surface area contributed by atoms with Crippen molar-refractivity contribution < 1.29 is 51.0 Å². The number of hydrogen-bond acceptors (Lipinski definition) is 2. The van der Waals surface area contributed by atoms with Gasteiger partial charge in [-0.25, -0.2) is 0 Å². The summed E-state index contributed by atoms with van der Waals surface area (Å²) in [4.78, 5) is 0.367. The van der Waals surface area contributed by atoms with Crippen LogP contribution in [-0.4, -0.2) is 4.57 Å². The Bertz CT molecular complexity index is 5030. The molecule has 3 nitrogen and oxygen atoms in total. The molecule has 0 unspecified atom stereocenters. The number of para-hydroxylation sites is 4. The fourth-order valence-corrected chi connectivity index (χ4v) is 6.23. The molecule has 0 fully saturated rings. The molecule has 11 aromatic rings. The Balaban J connectivity index is 1.33. The molecule has 0 aliphatic rings. The largest absolute Gasteiger partial charge is 0.455 e. The molecule has 0 aliphatic carbocycles. The summed E-state index contributed by atoms with van der Waals surface area (Å²) < 4.78 is 314. The third kappa shape index (κ3) is 5.05. The molecule has 0 amide bonds. The van der Waals surface area contributed by atoms with Crippen LogP contribution in [0.1, 0.15) is 46.6 Å². The van der Waals surface area contributed by atoms with Crippen LogP contribution in [0.3, 0.4) is 0 Å².